The van der Waals surface area contributed by atoms with Gasteiger partial charge in [0.05, 0.1) is 11.1 Å². The number of benzene rings is 1. The van der Waals surface area contributed by atoms with Gasteiger partial charge in [0.15, 0.2) is 0 Å². The molecule has 3 rings (SSSR count). The number of hydrogen-bond acceptors (Lipinski definition) is 5. The highest BCUT2D eigenvalue weighted by Gasteiger charge is 2.35. The molecule has 1 aromatic carbocycles. The molecule has 0 aliphatic carbocycles. The molecule has 1 aromatic rings. The van der Waals surface area contributed by atoms with Crippen LogP contribution in [0.25, 0.3) is 0 Å². The van der Waals surface area contributed by atoms with E-state index >= 15 is 0 Å². The largest absolute Gasteiger partial charge is 0.353 e. The maximum Gasteiger partial charge on any atom is 0.261 e. The molecule has 0 radical (unpaired) electrons. The summed E-state index contributed by atoms with van der Waals surface area (Å²) >= 11 is 0. The summed E-state index contributed by atoms with van der Waals surface area (Å²) in [5.74, 6) is -0.979. The third-order valence-corrected chi connectivity index (χ3v) is 5.34. The number of rotatable bonds is 7. The molecule has 1 fully saturated rings. The van der Waals surface area contributed by atoms with Crippen LogP contribution in [0.3, 0.4) is 0 Å². The Balaban J connectivity index is 1.43. The summed E-state index contributed by atoms with van der Waals surface area (Å²) in [6.45, 7) is 2.55. The Kier molecular flexibility index (Phi) is 6.41. The van der Waals surface area contributed by atoms with Crippen molar-refractivity contribution >= 4 is 29.4 Å². The average Bonchev–Trinajstić information content (AvgIpc) is 2.95. The van der Waals surface area contributed by atoms with E-state index in [0.717, 1.165) is 4.90 Å². The number of amides is 4. The molecule has 0 atom stereocenters. The first-order valence-corrected chi connectivity index (χ1v) is 9.88. The van der Waals surface area contributed by atoms with Gasteiger partial charge in [0.2, 0.25) is 11.8 Å². The zero-order valence-corrected chi connectivity index (χ0v) is 16.5. The van der Waals surface area contributed by atoms with E-state index in [1.165, 1.54) is 6.92 Å². The van der Waals surface area contributed by atoms with E-state index in [2.05, 4.69) is 5.32 Å². The van der Waals surface area contributed by atoms with E-state index in [9.17, 15) is 24.0 Å². The number of hydrogen-bond donors (Lipinski definition) is 1. The Bertz CT molecular complexity index is 807. The van der Waals surface area contributed by atoms with Crippen LogP contribution >= 0.6 is 0 Å². The third kappa shape index (κ3) is 4.88. The van der Waals surface area contributed by atoms with E-state index < -0.39 is 0 Å². The summed E-state index contributed by atoms with van der Waals surface area (Å²) in [5.41, 5.74) is 0.762. The van der Waals surface area contributed by atoms with E-state index in [4.69, 9.17) is 0 Å². The lowest BCUT2D eigenvalue weighted by molar-refractivity contribution is -0.132. The molecule has 4 amide bonds. The van der Waals surface area contributed by atoms with E-state index in [-0.39, 0.29) is 61.3 Å². The van der Waals surface area contributed by atoms with Crippen molar-refractivity contribution in [1.82, 2.24) is 15.1 Å². The summed E-state index contributed by atoms with van der Waals surface area (Å²) in [7, 11) is 0. The zero-order chi connectivity index (χ0) is 21.0. The second-order valence-corrected chi connectivity index (χ2v) is 7.48. The van der Waals surface area contributed by atoms with Gasteiger partial charge in [-0.15, -0.1) is 0 Å². The van der Waals surface area contributed by atoms with Crippen LogP contribution in [0.2, 0.25) is 0 Å². The number of piperidine rings is 1. The standard InChI is InChI=1S/C21H25N3O5/c1-14(25)6-7-18(26)22-15-8-11-23(12-9-15)19(27)10-13-24-20(28)16-4-2-3-5-17(16)21(24)29/h2-5,15H,6-13H2,1H3,(H,22,26). The molecule has 154 valence electrons. The molecular weight excluding hydrogens is 374 g/mol. The Morgan fingerprint density at radius 1 is 0.966 bits per heavy atom. The molecule has 2 heterocycles. The minimum absolute atomic E-state index is 0.00487. The van der Waals surface area contributed by atoms with Crippen molar-refractivity contribution in [3.63, 3.8) is 0 Å². The molecule has 8 nitrogen and oxygen atoms in total. The van der Waals surface area contributed by atoms with Gasteiger partial charge in [0.25, 0.3) is 11.8 Å². The molecule has 0 unspecified atom stereocenters. The van der Waals surface area contributed by atoms with Gasteiger partial charge in [0, 0.05) is 44.9 Å². The van der Waals surface area contributed by atoms with Gasteiger partial charge < -0.3 is 15.0 Å². The van der Waals surface area contributed by atoms with Crippen molar-refractivity contribution < 1.29 is 24.0 Å². The topological polar surface area (TPSA) is 104 Å². The quantitative estimate of drug-likeness (QED) is 0.693. The molecule has 0 aromatic heterocycles. The van der Waals surface area contributed by atoms with Crippen LogP contribution in [0.4, 0.5) is 0 Å². The fourth-order valence-electron chi connectivity index (χ4n) is 3.67. The molecule has 0 saturated carbocycles. The number of imide groups is 1. The van der Waals surface area contributed by atoms with Gasteiger partial charge in [0.1, 0.15) is 5.78 Å². The number of carbonyl (C=O) groups excluding carboxylic acids is 5. The predicted molar refractivity (Wildman–Crippen MR) is 104 cm³/mol. The van der Waals surface area contributed by atoms with E-state index in [1.807, 2.05) is 0 Å². The number of nitrogens with one attached hydrogen (secondary N) is 1. The molecule has 29 heavy (non-hydrogen) atoms. The van der Waals surface area contributed by atoms with Crippen LogP contribution in [0.15, 0.2) is 24.3 Å². The van der Waals surface area contributed by atoms with Gasteiger partial charge in [-0.05, 0) is 31.9 Å². The fourth-order valence-corrected chi connectivity index (χ4v) is 3.67. The highest BCUT2D eigenvalue weighted by atomic mass is 16.2. The number of carbonyl (C=O) groups is 5. The average molecular weight is 399 g/mol. The van der Waals surface area contributed by atoms with Crippen molar-refractivity contribution in [3.8, 4) is 0 Å². The van der Waals surface area contributed by atoms with Gasteiger partial charge in [-0.1, -0.05) is 12.1 Å². The summed E-state index contributed by atoms with van der Waals surface area (Å²) in [4.78, 5) is 62.8. The molecule has 0 bridgehead atoms. The van der Waals surface area contributed by atoms with Crippen molar-refractivity contribution in [1.29, 1.82) is 0 Å². The molecule has 1 saturated heterocycles. The number of nitrogens with zero attached hydrogens (tertiary/aromatic N) is 2. The molecule has 0 spiro atoms. The molecule has 2 aliphatic rings. The van der Waals surface area contributed by atoms with Crippen LogP contribution in [0.5, 0.6) is 0 Å². The van der Waals surface area contributed by atoms with E-state index in [1.54, 1.807) is 29.2 Å². The minimum Gasteiger partial charge on any atom is -0.353 e. The van der Waals surface area contributed by atoms with Gasteiger partial charge in [-0.25, -0.2) is 0 Å². The number of ketones is 1. The number of fused-ring (bicyclic) bond motifs is 1. The van der Waals surface area contributed by atoms with E-state index in [0.29, 0.717) is 37.1 Å². The van der Waals surface area contributed by atoms with Crippen LogP contribution in [0, 0.1) is 0 Å². The zero-order valence-electron chi connectivity index (χ0n) is 16.5. The first-order chi connectivity index (χ1) is 13.9. The van der Waals surface area contributed by atoms with Crippen molar-refractivity contribution in [3.05, 3.63) is 35.4 Å². The van der Waals surface area contributed by atoms with Crippen molar-refractivity contribution in [2.75, 3.05) is 19.6 Å². The molecular formula is C21H25N3O5. The molecule has 8 heteroatoms. The molecule has 1 N–H and O–H groups in total. The lowest BCUT2D eigenvalue weighted by Crippen LogP contribution is -2.47. The maximum absolute atomic E-state index is 12.5. The first kappa shape index (κ1) is 20.7. The highest BCUT2D eigenvalue weighted by molar-refractivity contribution is 6.21. The Morgan fingerprint density at radius 2 is 1.55 bits per heavy atom. The maximum atomic E-state index is 12.5. The fraction of sp³-hybridized carbons (Fsp3) is 0.476. The summed E-state index contributed by atoms with van der Waals surface area (Å²) in [5, 5.41) is 2.91. The second-order valence-electron chi connectivity index (χ2n) is 7.48. The summed E-state index contributed by atoms with van der Waals surface area (Å²) < 4.78 is 0. The Morgan fingerprint density at radius 3 is 2.10 bits per heavy atom. The van der Waals surface area contributed by atoms with Crippen LogP contribution < -0.4 is 5.32 Å². The van der Waals surface area contributed by atoms with Crippen LogP contribution in [-0.4, -0.2) is 64.9 Å². The number of likely N-dealkylation sites (tertiary alicyclic amines) is 1. The monoisotopic (exact) mass is 399 g/mol. The highest BCUT2D eigenvalue weighted by Crippen LogP contribution is 2.22. The van der Waals surface area contributed by atoms with Crippen LogP contribution in [0.1, 0.15) is 59.7 Å². The Hall–Kier alpha value is -3.03. The van der Waals surface area contributed by atoms with Crippen molar-refractivity contribution in [2.24, 2.45) is 0 Å². The second kappa shape index (κ2) is 8.98. The predicted octanol–water partition coefficient (Wildman–Crippen LogP) is 1.15. The third-order valence-electron chi connectivity index (χ3n) is 5.34. The van der Waals surface area contributed by atoms with Crippen LogP contribution in [-0.2, 0) is 14.4 Å². The summed E-state index contributed by atoms with van der Waals surface area (Å²) in [6, 6.07) is 6.65. The SMILES string of the molecule is CC(=O)CCC(=O)NC1CCN(C(=O)CCN2C(=O)c3ccccc3C2=O)CC1. The minimum atomic E-state index is -0.356. The first-order valence-electron chi connectivity index (χ1n) is 9.88. The van der Waals surface area contributed by atoms with Crippen molar-refractivity contribution in [2.45, 2.75) is 45.1 Å². The smallest absolute Gasteiger partial charge is 0.261 e. The summed E-state index contributed by atoms with van der Waals surface area (Å²) in [6.07, 6.45) is 1.80. The lowest BCUT2D eigenvalue weighted by Gasteiger charge is -2.32. The van der Waals surface area contributed by atoms with Gasteiger partial charge in [-0.3, -0.25) is 24.1 Å². The van der Waals surface area contributed by atoms with Gasteiger partial charge in [-0.2, -0.15) is 0 Å². The lowest BCUT2D eigenvalue weighted by atomic mass is 10.0. The molecule has 2 aliphatic heterocycles. The Labute approximate surface area is 169 Å². The van der Waals surface area contributed by atoms with Gasteiger partial charge >= 0.3 is 0 Å². The normalized spacial score (nSPS) is 16.7. The number of Topliss-reactive ketones (excluding diaryl/α,β-unsaturated/α-hetero) is 1.